The van der Waals surface area contributed by atoms with E-state index in [0.29, 0.717) is 25.7 Å². The number of hydrogen-bond donors (Lipinski definition) is 4. The lowest BCUT2D eigenvalue weighted by Gasteiger charge is -2.02. The molecule has 2 atom stereocenters. The van der Waals surface area contributed by atoms with Crippen LogP contribution in [-0.2, 0) is 9.59 Å². The Balaban J connectivity index is 3.87. The van der Waals surface area contributed by atoms with Crippen LogP contribution < -0.4 is 0 Å². The Kier molecular flexibility index (Phi) is 13.1. The van der Waals surface area contributed by atoms with Crippen molar-refractivity contribution in [3.63, 3.8) is 0 Å². The van der Waals surface area contributed by atoms with Gasteiger partial charge in [-0.05, 0) is 25.7 Å². The van der Waals surface area contributed by atoms with Crippen LogP contribution in [0.25, 0.3) is 0 Å². The van der Waals surface area contributed by atoms with E-state index in [4.69, 9.17) is 10.2 Å². The zero-order valence-corrected chi connectivity index (χ0v) is 13.6. The maximum absolute atomic E-state index is 10.3. The molecule has 4 N–H and O–H groups in total. The molecule has 0 aromatic heterocycles. The molecule has 0 amide bonds. The average molecular weight is 338 g/mol. The Morgan fingerprint density at radius 3 is 1.96 bits per heavy atom. The number of carboxylic acids is 2. The van der Waals surface area contributed by atoms with Gasteiger partial charge in [-0.25, -0.2) is 0 Å². The van der Waals surface area contributed by atoms with Crippen molar-refractivity contribution in [1.82, 2.24) is 0 Å². The van der Waals surface area contributed by atoms with Crippen LogP contribution in [0.5, 0.6) is 0 Å². The molecular weight excluding hydrogens is 312 g/mol. The quantitative estimate of drug-likeness (QED) is 0.303. The van der Waals surface area contributed by atoms with Crippen LogP contribution in [0.4, 0.5) is 0 Å². The van der Waals surface area contributed by atoms with Gasteiger partial charge >= 0.3 is 11.9 Å². The second-order valence-electron chi connectivity index (χ2n) is 5.21. The third-order valence-electron chi connectivity index (χ3n) is 2.96. The molecule has 0 aliphatic heterocycles. The highest BCUT2D eigenvalue weighted by atomic mass is 16.4. The molecule has 0 aliphatic rings. The summed E-state index contributed by atoms with van der Waals surface area (Å²) >= 11 is 0. The third kappa shape index (κ3) is 16.2. The maximum atomic E-state index is 10.3. The lowest BCUT2D eigenvalue weighted by molar-refractivity contribution is -0.138. The minimum absolute atomic E-state index is 0.0477. The first-order valence-electron chi connectivity index (χ1n) is 7.88. The van der Waals surface area contributed by atoms with Gasteiger partial charge < -0.3 is 20.4 Å². The van der Waals surface area contributed by atoms with E-state index in [1.165, 1.54) is 0 Å². The molecule has 0 fully saturated rings. The van der Waals surface area contributed by atoms with Gasteiger partial charge in [0.25, 0.3) is 0 Å². The van der Waals surface area contributed by atoms with Gasteiger partial charge in [0.05, 0.1) is 12.2 Å². The van der Waals surface area contributed by atoms with E-state index in [9.17, 15) is 19.8 Å². The van der Waals surface area contributed by atoms with Crippen LogP contribution in [0.3, 0.4) is 0 Å². The number of carbonyl (C=O) groups is 2. The zero-order valence-electron chi connectivity index (χ0n) is 13.6. The smallest absolute Gasteiger partial charge is 0.303 e. The summed E-state index contributed by atoms with van der Waals surface area (Å²) in [4.78, 5) is 20.6. The highest BCUT2D eigenvalue weighted by Crippen LogP contribution is 2.02. The van der Waals surface area contributed by atoms with Crippen molar-refractivity contribution in [1.29, 1.82) is 0 Å². The molecule has 24 heavy (non-hydrogen) atoms. The summed E-state index contributed by atoms with van der Waals surface area (Å²) in [5.41, 5.74) is 0. The summed E-state index contributed by atoms with van der Waals surface area (Å²) < 4.78 is 0. The fourth-order valence-electron chi connectivity index (χ4n) is 1.71. The molecule has 6 nitrogen and oxygen atoms in total. The Labute approximate surface area is 142 Å². The Hall–Kier alpha value is -2.18. The van der Waals surface area contributed by atoms with Crippen LogP contribution in [0.1, 0.15) is 38.5 Å². The predicted molar refractivity (Wildman–Crippen MR) is 91.5 cm³/mol. The van der Waals surface area contributed by atoms with Crippen molar-refractivity contribution in [2.24, 2.45) is 0 Å². The molecule has 0 rings (SSSR count). The largest absolute Gasteiger partial charge is 0.481 e. The Bertz CT molecular complexity index is 476. The highest BCUT2D eigenvalue weighted by molar-refractivity contribution is 5.67. The van der Waals surface area contributed by atoms with E-state index in [2.05, 4.69) is 0 Å². The predicted octanol–water partition coefficient (Wildman–Crippen LogP) is 2.44. The first-order chi connectivity index (χ1) is 11.4. The molecule has 0 aliphatic carbocycles. The van der Waals surface area contributed by atoms with Gasteiger partial charge in [0, 0.05) is 12.8 Å². The lowest BCUT2D eigenvalue weighted by Crippen LogP contribution is -2.03. The van der Waals surface area contributed by atoms with Gasteiger partial charge in [-0.15, -0.1) is 0 Å². The van der Waals surface area contributed by atoms with Gasteiger partial charge in [0.1, 0.15) is 0 Å². The molecule has 0 spiro atoms. The Morgan fingerprint density at radius 1 is 0.792 bits per heavy atom. The summed E-state index contributed by atoms with van der Waals surface area (Å²) in [5.74, 6) is -1.71. The average Bonchev–Trinajstić information content (AvgIpc) is 2.49. The number of aliphatic carboxylic acids is 2. The van der Waals surface area contributed by atoms with E-state index in [-0.39, 0.29) is 12.8 Å². The molecule has 0 heterocycles. The summed E-state index contributed by atoms with van der Waals surface area (Å²) in [6, 6.07) is 0. The van der Waals surface area contributed by atoms with Crippen molar-refractivity contribution >= 4 is 11.9 Å². The molecule has 0 aromatic carbocycles. The van der Waals surface area contributed by atoms with Crippen LogP contribution in [0.15, 0.2) is 48.6 Å². The molecule has 0 saturated carbocycles. The number of hydrogen-bond acceptors (Lipinski definition) is 4. The highest BCUT2D eigenvalue weighted by Gasteiger charge is 2.01. The van der Waals surface area contributed by atoms with Crippen LogP contribution in [0, 0.1) is 0 Å². The molecule has 6 heteroatoms. The van der Waals surface area contributed by atoms with Crippen LogP contribution in [0.2, 0.25) is 0 Å². The molecule has 0 unspecified atom stereocenters. The number of carboxylic acid groups (broad SMARTS) is 2. The Morgan fingerprint density at radius 2 is 1.38 bits per heavy atom. The first-order valence-corrected chi connectivity index (χ1v) is 7.88. The van der Waals surface area contributed by atoms with Crippen molar-refractivity contribution in [3.8, 4) is 0 Å². The van der Waals surface area contributed by atoms with E-state index in [1.54, 1.807) is 48.6 Å². The summed E-state index contributed by atoms with van der Waals surface area (Å²) in [6.45, 7) is 0. The van der Waals surface area contributed by atoms with E-state index in [0.717, 1.165) is 0 Å². The number of aliphatic hydroxyl groups is 2. The topological polar surface area (TPSA) is 115 Å². The minimum atomic E-state index is -0.869. The van der Waals surface area contributed by atoms with E-state index < -0.39 is 24.1 Å². The van der Waals surface area contributed by atoms with Gasteiger partial charge in [0.15, 0.2) is 0 Å². The minimum Gasteiger partial charge on any atom is -0.481 e. The molecule has 0 aromatic rings. The van der Waals surface area contributed by atoms with E-state index >= 15 is 0 Å². The van der Waals surface area contributed by atoms with Gasteiger partial charge in [-0.3, -0.25) is 9.59 Å². The molecular formula is C18H26O6. The second-order valence-corrected chi connectivity index (χ2v) is 5.21. The maximum Gasteiger partial charge on any atom is 0.303 e. The van der Waals surface area contributed by atoms with Crippen molar-refractivity contribution in [3.05, 3.63) is 48.6 Å². The first kappa shape index (κ1) is 21.8. The summed E-state index contributed by atoms with van der Waals surface area (Å²) in [5, 5.41) is 36.2. The van der Waals surface area contributed by atoms with Crippen LogP contribution >= 0.6 is 0 Å². The second kappa shape index (κ2) is 14.4. The third-order valence-corrected chi connectivity index (χ3v) is 2.96. The molecule has 0 saturated heterocycles. The summed E-state index contributed by atoms with van der Waals surface area (Å²) in [6.07, 6.45) is 13.9. The molecule has 0 radical (unpaired) electrons. The van der Waals surface area contributed by atoms with Gasteiger partial charge in [-0.2, -0.15) is 0 Å². The summed E-state index contributed by atoms with van der Waals surface area (Å²) in [7, 11) is 0. The van der Waals surface area contributed by atoms with Gasteiger partial charge in [-0.1, -0.05) is 48.6 Å². The van der Waals surface area contributed by atoms with Crippen molar-refractivity contribution in [2.45, 2.75) is 50.7 Å². The SMILES string of the molecule is O=C(O)CC/C=C\C[C@@H](O)/C=C/C=C\C=C\[C@@H](O)CCCC(=O)O. The number of aliphatic hydroxyl groups excluding tert-OH is 2. The zero-order chi connectivity index (χ0) is 18.2. The standard InChI is InChI=1S/C18H26O6/c19-15(11-6-3-7-13-17(21)22)9-4-1-2-5-10-16(20)12-8-14-18(23)24/h1-6,9-10,15-16,19-20H,7-8,11-14H2,(H,21,22)(H,23,24)/b2-1-,6-3-,9-4+,10-5+/t15-,16+/m0/s1. The molecule has 134 valence electrons. The van der Waals surface area contributed by atoms with Crippen molar-refractivity contribution in [2.75, 3.05) is 0 Å². The van der Waals surface area contributed by atoms with E-state index in [1.807, 2.05) is 0 Å². The monoisotopic (exact) mass is 338 g/mol. The normalized spacial score (nSPS) is 14.9. The van der Waals surface area contributed by atoms with Crippen LogP contribution in [-0.4, -0.2) is 44.6 Å². The van der Waals surface area contributed by atoms with Crippen molar-refractivity contribution < 1.29 is 30.0 Å². The number of allylic oxidation sites excluding steroid dienone is 5. The lowest BCUT2D eigenvalue weighted by atomic mass is 10.1. The molecule has 0 bridgehead atoms. The number of rotatable bonds is 13. The fourth-order valence-corrected chi connectivity index (χ4v) is 1.71. The van der Waals surface area contributed by atoms with Gasteiger partial charge in [0.2, 0.25) is 0 Å². The fraction of sp³-hybridized carbons (Fsp3) is 0.444.